The van der Waals surface area contributed by atoms with Gasteiger partial charge in [0.25, 0.3) is 0 Å². The first-order valence-corrected chi connectivity index (χ1v) is 6.79. The first-order chi connectivity index (χ1) is 8.67. The molecule has 0 aromatic heterocycles. The molecule has 0 aliphatic heterocycles. The minimum absolute atomic E-state index is 0.138. The molecule has 1 aromatic carbocycles. The molecule has 5 nitrogen and oxygen atoms in total. The molecule has 2 rings (SSSR count). The van der Waals surface area contributed by atoms with Crippen LogP contribution >= 0.6 is 0 Å². The van der Waals surface area contributed by atoms with Crippen LogP contribution < -0.4 is 15.2 Å². The van der Waals surface area contributed by atoms with Gasteiger partial charge in [0.2, 0.25) is 10.0 Å². The molecule has 0 saturated heterocycles. The van der Waals surface area contributed by atoms with E-state index < -0.39 is 22.1 Å². The molecule has 2 atom stereocenters. The minimum Gasteiger partial charge on any atom is -0.406 e. The number of hydrogen-bond donors (Lipinski definition) is 2. The Morgan fingerprint density at radius 2 is 1.79 bits per heavy atom. The molecular weight excluding hydrogens is 285 g/mol. The summed E-state index contributed by atoms with van der Waals surface area (Å²) in [5, 5.41) is 0. The van der Waals surface area contributed by atoms with E-state index in [1.165, 1.54) is 0 Å². The number of hydrogen-bond acceptors (Lipinski definition) is 4. The lowest BCUT2D eigenvalue weighted by Crippen LogP contribution is -2.29. The van der Waals surface area contributed by atoms with E-state index in [9.17, 15) is 21.6 Å². The zero-order valence-electron chi connectivity index (χ0n) is 9.52. The van der Waals surface area contributed by atoms with Gasteiger partial charge < -0.3 is 10.5 Å². The number of nitrogens with two attached hydrogens (primary N) is 1. The summed E-state index contributed by atoms with van der Waals surface area (Å²) in [6, 6.07) is 3.44. The average molecular weight is 296 g/mol. The second-order valence-corrected chi connectivity index (χ2v) is 5.86. The van der Waals surface area contributed by atoms with Gasteiger partial charge in [-0.1, -0.05) is 0 Å². The summed E-state index contributed by atoms with van der Waals surface area (Å²) in [7, 11) is -3.76. The first-order valence-electron chi connectivity index (χ1n) is 5.31. The second kappa shape index (κ2) is 4.66. The van der Waals surface area contributed by atoms with Crippen molar-refractivity contribution < 1.29 is 26.3 Å². The molecule has 1 saturated carbocycles. The highest BCUT2D eigenvalue weighted by Gasteiger charge is 2.37. The number of ether oxygens (including phenoxy) is 1. The van der Waals surface area contributed by atoms with Crippen molar-refractivity contribution in [1.82, 2.24) is 4.72 Å². The van der Waals surface area contributed by atoms with E-state index in [4.69, 9.17) is 5.73 Å². The maximum Gasteiger partial charge on any atom is 0.573 e. The Morgan fingerprint density at radius 3 is 2.21 bits per heavy atom. The van der Waals surface area contributed by atoms with Crippen LogP contribution in [0.5, 0.6) is 5.75 Å². The largest absolute Gasteiger partial charge is 0.573 e. The van der Waals surface area contributed by atoms with Gasteiger partial charge in [-0.25, -0.2) is 13.1 Å². The standard InChI is InChI=1S/C10H11F3N2O3S/c11-10(12,13)18-6-1-3-7(4-2-6)19(16,17)15-9-5-8(9)14/h1-4,8-9,15H,5,14H2. The van der Waals surface area contributed by atoms with Crippen molar-refractivity contribution in [2.45, 2.75) is 29.8 Å². The third-order valence-corrected chi connectivity index (χ3v) is 4.02. The van der Waals surface area contributed by atoms with Crippen molar-refractivity contribution in [1.29, 1.82) is 0 Å². The Bertz CT molecular complexity index is 556. The Morgan fingerprint density at radius 1 is 1.26 bits per heavy atom. The number of halogens is 3. The average Bonchev–Trinajstić information content (AvgIpc) is 2.91. The van der Waals surface area contributed by atoms with Gasteiger partial charge in [0, 0.05) is 12.1 Å². The van der Waals surface area contributed by atoms with Crippen LogP contribution in [0, 0.1) is 0 Å². The molecule has 0 spiro atoms. The second-order valence-electron chi connectivity index (χ2n) is 4.15. The van der Waals surface area contributed by atoms with E-state index in [-0.39, 0.29) is 17.0 Å². The summed E-state index contributed by atoms with van der Waals surface area (Å²) in [5.74, 6) is -0.477. The van der Waals surface area contributed by atoms with E-state index in [1.54, 1.807) is 0 Å². The van der Waals surface area contributed by atoms with E-state index in [0.29, 0.717) is 6.42 Å². The van der Waals surface area contributed by atoms with E-state index in [2.05, 4.69) is 9.46 Å². The summed E-state index contributed by atoms with van der Waals surface area (Å²) >= 11 is 0. The highest BCUT2D eigenvalue weighted by Crippen LogP contribution is 2.25. The van der Waals surface area contributed by atoms with Crippen LogP contribution in [0.4, 0.5) is 13.2 Å². The molecule has 0 radical (unpaired) electrons. The molecular formula is C10H11F3N2O3S. The molecule has 3 N–H and O–H groups in total. The summed E-state index contributed by atoms with van der Waals surface area (Å²) in [6.45, 7) is 0. The topological polar surface area (TPSA) is 81.4 Å². The van der Waals surface area contributed by atoms with E-state index >= 15 is 0 Å². The minimum atomic E-state index is -4.81. The molecule has 2 unspecified atom stereocenters. The molecule has 0 amide bonds. The fourth-order valence-corrected chi connectivity index (χ4v) is 2.74. The highest BCUT2D eigenvalue weighted by atomic mass is 32.2. The maximum atomic E-state index is 11.9. The van der Waals surface area contributed by atoms with Crippen LogP contribution in [-0.4, -0.2) is 26.9 Å². The Kier molecular flexibility index (Phi) is 3.45. The molecule has 106 valence electrons. The molecule has 1 aliphatic rings. The molecule has 1 fully saturated rings. The van der Waals surface area contributed by atoms with Crippen LogP contribution in [0.25, 0.3) is 0 Å². The number of benzene rings is 1. The van der Waals surface area contributed by atoms with E-state index in [0.717, 1.165) is 24.3 Å². The van der Waals surface area contributed by atoms with Gasteiger partial charge in [-0.2, -0.15) is 0 Å². The lowest BCUT2D eigenvalue weighted by Gasteiger charge is -2.10. The van der Waals surface area contributed by atoms with Crippen LogP contribution in [0.3, 0.4) is 0 Å². The SMILES string of the molecule is NC1CC1NS(=O)(=O)c1ccc(OC(F)(F)F)cc1. The van der Waals surface area contributed by atoms with Gasteiger partial charge in [-0.3, -0.25) is 0 Å². The number of rotatable bonds is 4. The Labute approximate surface area is 107 Å². The van der Waals surface area contributed by atoms with Crippen LogP contribution in [0.15, 0.2) is 29.2 Å². The van der Waals surface area contributed by atoms with Crippen molar-refractivity contribution in [2.75, 3.05) is 0 Å². The summed E-state index contributed by atoms with van der Waals surface area (Å²) < 4.78 is 65.4. The first kappa shape index (κ1) is 14.1. The normalized spacial score (nSPS) is 23.2. The van der Waals surface area contributed by atoms with Crippen LogP contribution in [-0.2, 0) is 10.0 Å². The van der Waals surface area contributed by atoms with Crippen molar-refractivity contribution >= 4 is 10.0 Å². The Hall–Kier alpha value is -1.32. The zero-order chi connectivity index (χ0) is 14.3. The van der Waals surface area contributed by atoms with Crippen molar-refractivity contribution in [3.8, 4) is 5.75 Å². The van der Waals surface area contributed by atoms with Gasteiger partial charge in [0.15, 0.2) is 0 Å². The summed E-state index contributed by atoms with van der Waals surface area (Å²) in [4.78, 5) is -0.138. The predicted octanol–water partition coefficient (Wildman–Crippen LogP) is 0.963. The molecule has 0 heterocycles. The summed E-state index contributed by atoms with van der Waals surface area (Å²) in [5.41, 5.74) is 5.47. The highest BCUT2D eigenvalue weighted by molar-refractivity contribution is 7.89. The monoisotopic (exact) mass is 296 g/mol. The van der Waals surface area contributed by atoms with Crippen molar-refractivity contribution in [3.63, 3.8) is 0 Å². The van der Waals surface area contributed by atoms with Gasteiger partial charge in [-0.05, 0) is 30.7 Å². The molecule has 9 heteroatoms. The molecule has 1 aliphatic carbocycles. The predicted molar refractivity (Wildman–Crippen MR) is 59.8 cm³/mol. The third kappa shape index (κ3) is 3.82. The summed E-state index contributed by atoms with van der Waals surface area (Å²) in [6.07, 6.45) is -4.26. The van der Waals surface area contributed by atoms with Gasteiger partial charge >= 0.3 is 6.36 Å². The molecule has 19 heavy (non-hydrogen) atoms. The lowest BCUT2D eigenvalue weighted by atomic mass is 10.3. The fraction of sp³-hybridized carbons (Fsp3) is 0.400. The fourth-order valence-electron chi connectivity index (χ4n) is 1.44. The van der Waals surface area contributed by atoms with Crippen LogP contribution in [0.1, 0.15) is 6.42 Å². The van der Waals surface area contributed by atoms with Gasteiger partial charge in [-0.15, -0.1) is 13.2 Å². The van der Waals surface area contributed by atoms with Gasteiger partial charge in [0.1, 0.15) is 5.75 Å². The van der Waals surface area contributed by atoms with Crippen molar-refractivity contribution in [2.24, 2.45) is 5.73 Å². The maximum absolute atomic E-state index is 11.9. The molecule has 0 bridgehead atoms. The quantitative estimate of drug-likeness (QED) is 0.867. The zero-order valence-corrected chi connectivity index (χ0v) is 10.3. The van der Waals surface area contributed by atoms with Crippen molar-refractivity contribution in [3.05, 3.63) is 24.3 Å². The number of nitrogens with one attached hydrogen (secondary N) is 1. The lowest BCUT2D eigenvalue weighted by molar-refractivity contribution is -0.274. The third-order valence-electron chi connectivity index (χ3n) is 2.51. The Balaban J connectivity index is 2.09. The number of sulfonamides is 1. The van der Waals surface area contributed by atoms with Gasteiger partial charge in [0.05, 0.1) is 4.90 Å². The molecule has 1 aromatic rings. The van der Waals surface area contributed by atoms with Crippen LogP contribution in [0.2, 0.25) is 0 Å². The smallest absolute Gasteiger partial charge is 0.406 e. The van der Waals surface area contributed by atoms with E-state index in [1.807, 2.05) is 0 Å². The number of alkyl halides is 3.